The molecule has 186 valence electrons. The van der Waals surface area contributed by atoms with E-state index < -0.39 is 33.0 Å². The molecular formula is C23H24ClF2N5O3S. The Balaban J connectivity index is 1.60. The highest BCUT2D eigenvalue weighted by Gasteiger charge is 2.43. The Morgan fingerprint density at radius 2 is 1.89 bits per heavy atom. The van der Waals surface area contributed by atoms with Gasteiger partial charge in [-0.2, -0.15) is 4.31 Å². The molecule has 0 aliphatic carbocycles. The second-order valence-corrected chi connectivity index (χ2v) is 10.9. The molecule has 3 heterocycles. The fourth-order valence-corrected chi connectivity index (χ4v) is 5.93. The van der Waals surface area contributed by atoms with Crippen LogP contribution >= 0.6 is 11.6 Å². The number of nitrogens with zero attached hydrogens (tertiary/aromatic N) is 4. The molecule has 0 atom stereocenters. The average Bonchev–Trinajstić information content (AvgIpc) is 3.28. The van der Waals surface area contributed by atoms with Crippen molar-refractivity contribution in [2.24, 2.45) is 7.05 Å². The molecule has 0 spiro atoms. The van der Waals surface area contributed by atoms with Crippen LogP contribution in [-0.2, 0) is 22.5 Å². The number of piperidine rings is 1. The number of sulfonamides is 1. The fourth-order valence-electron chi connectivity index (χ4n) is 4.28. The lowest BCUT2D eigenvalue weighted by Gasteiger charge is -2.40. The van der Waals surface area contributed by atoms with Crippen molar-refractivity contribution in [3.05, 3.63) is 76.5 Å². The molecular weight excluding hydrogens is 500 g/mol. The first-order chi connectivity index (χ1) is 16.5. The number of amides is 1. The van der Waals surface area contributed by atoms with E-state index in [-0.39, 0.29) is 53.8 Å². The largest absolute Gasteiger partial charge is 0.351 e. The summed E-state index contributed by atoms with van der Waals surface area (Å²) < 4.78 is 58.1. The van der Waals surface area contributed by atoms with Crippen molar-refractivity contribution in [3.63, 3.8) is 0 Å². The summed E-state index contributed by atoms with van der Waals surface area (Å²) in [5, 5.41) is 2.60. The first-order valence-electron chi connectivity index (χ1n) is 10.9. The van der Waals surface area contributed by atoms with Crippen molar-refractivity contribution in [2.75, 3.05) is 19.6 Å². The van der Waals surface area contributed by atoms with Gasteiger partial charge in [-0.15, -0.1) is 0 Å². The van der Waals surface area contributed by atoms with Gasteiger partial charge in [0.05, 0.1) is 22.6 Å². The number of imidazole rings is 1. The Labute approximate surface area is 207 Å². The minimum absolute atomic E-state index is 0.00293. The first-order valence-corrected chi connectivity index (χ1v) is 12.7. The Hall–Kier alpha value is -2.89. The maximum atomic E-state index is 14.8. The third kappa shape index (κ3) is 4.80. The molecule has 1 saturated heterocycles. The van der Waals surface area contributed by atoms with E-state index in [1.165, 1.54) is 45.8 Å². The number of hydrogen-bond donors (Lipinski definition) is 1. The van der Waals surface area contributed by atoms with Crippen molar-refractivity contribution in [3.8, 4) is 0 Å². The number of aromatic nitrogens is 3. The van der Waals surface area contributed by atoms with Gasteiger partial charge in [0, 0.05) is 44.5 Å². The molecule has 0 bridgehead atoms. The number of rotatable bonds is 6. The Kier molecular flexibility index (Phi) is 6.94. The predicted octanol–water partition coefficient (Wildman–Crippen LogP) is 3.21. The standard InChI is InChI=1S/C23H24ClF2N5O3S/c1-15-5-6-16(25)19(20(15)24)22(32)28-13-23(21-17(26)4-3-9-27-21)7-10-31(11-8-23)35(33,34)18-12-30(2)14-29-18/h3-6,9,12,14H,7-8,10-11,13H2,1-2H3,(H,28,32). The number of nitrogens with one attached hydrogen (secondary N) is 1. The minimum atomic E-state index is -3.84. The molecule has 2 aromatic heterocycles. The number of aryl methyl sites for hydroxylation is 2. The van der Waals surface area contributed by atoms with Crippen LogP contribution in [0.5, 0.6) is 0 Å². The molecule has 1 aliphatic rings. The minimum Gasteiger partial charge on any atom is -0.351 e. The summed E-state index contributed by atoms with van der Waals surface area (Å²) >= 11 is 6.17. The van der Waals surface area contributed by atoms with Crippen molar-refractivity contribution in [1.82, 2.24) is 24.2 Å². The molecule has 0 radical (unpaired) electrons. The van der Waals surface area contributed by atoms with E-state index in [9.17, 15) is 22.0 Å². The molecule has 12 heteroatoms. The van der Waals surface area contributed by atoms with Crippen molar-refractivity contribution < 1.29 is 22.0 Å². The van der Waals surface area contributed by atoms with Crippen molar-refractivity contribution in [2.45, 2.75) is 30.2 Å². The maximum Gasteiger partial charge on any atom is 0.262 e. The molecule has 1 aromatic carbocycles. The highest BCUT2D eigenvalue weighted by molar-refractivity contribution is 7.89. The molecule has 1 fully saturated rings. The highest BCUT2D eigenvalue weighted by atomic mass is 35.5. The van der Waals surface area contributed by atoms with Crippen LogP contribution in [0.1, 0.15) is 34.5 Å². The topological polar surface area (TPSA) is 97.2 Å². The Bertz CT molecular complexity index is 1370. The number of hydrogen-bond acceptors (Lipinski definition) is 5. The average molecular weight is 524 g/mol. The van der Waals surface area contributed by atoms with E-state index in [0.717, 1.165) is 6.07 Å². The third-order valence-corrected chi connectivity index (χ3v) is 8.60. The third-order valence-electron chi connectivity index (χ3n) is 6.32. The summed E-state index contributed by atoms with van der Waals surface area (Å²) in [4.78, 5) is 21.0. The number of benzene rings is 1. The number of carbonyl (C=O) groups excluding carboxylic acids is 1. The van der Waals surface area contributed by atoms with Gasteiger partial charge in [0.2, 0.25) is 0 Å². The van der Waals surface area contributed by atoms with E-state index in [1.54, 1.807) is 14.0 Å². The van der Waals surface area contributed by atoms with Gasteiger partial charge in [0.15, 0.2) is 5.03 Å². The summed E-state index contributed by atoms with van der Waals surface area (Å²) in [5.74, 6) is -2.08. The van der Waals surface area contributed by atoms with Gasteiger partial charge in [-0.1, -0.05) is 17.7 Å². The van der Waals surface area contributed by atoms with Gasteiger partial charge < -0.3 is 9.88 Å². The van der Waals surface area contributed by atoms with Gasteiger partial charge in [-0.25, -0.2) is 22.2 Å². The normalized spacial score (nSPS) is 16.3. The van der Waals surface area contributed by atoms with Crippen LogP contribution < -0.4 is 5.32 Å². The van der Waals surface area contributed by atoms with Crippen LogP contribution in [0.4, 0.5) is 8.78 Å². The maximum absolute atomic E-state index is 14.8. The molecule has 4 rings (SSSR count). The summed E-state index contributed by atoms with van der Waals surface area (Å²) in [7, 11) is -2.17. The zero-order valence-electron chi connectivity index (χ0n) is 19.1. The number of carbonyl (C=O) groups is 1. The quantitative estimate of drug-likeness (QED) is 0.535. The summed E-state index contributed by atoms with van der Waals surface area (Å²) in [6.45, 7) is 1.69. The van der Waals surface area contributed by atoms with E-state index in [1.807, 2.05) is 0 Å². The lowest BCUT2D eigenvalue weighted by atomic mass is 9.75. The zero-order valence-corrected chi connectivity index (χ0v) is 20.7. The Morgan fingerprint density at radius 1 is 1.17 bits per heavy atom. The van der Waals surface area contributed by atoms with Crippen LogP contribution in [0.25, 0.3) is 0 Å². The molecule has 35 heavy (non-hydrogen) atoms. The van der Waals surface area contributed by atoms with Crippen LogP contribution in [0.2, 0.25) is 5.02 Å². The van der Waals surface area contributed by atoms with Gasteiger partial charge >= 0.3 is 0 Å². The smallest absolute Gasteiger partial charge is 0.262 e. The molecule has 3 aromatic rings. The van der Waals surface area contributed by atoms with E-state index in [2.05, 4.69) is 15.3 Å². The second-order valence-electron chi connectivity index (χ2n) is 8.63. The summed E-state index contributed by atoms with van der Waals surface area (Å²) in [5.41, 5.74) is -0.648. The summed E-state index contributed by atoms with van der Waals surface area (Å²) in [6.07, 6.45) is 4.61. The molecule has 1 amide bonds. The molecule has 1 N–H and O–H groups in total. The van der Waals surface area contributed by atoms with Crippen LogP contribution in [0.15, 0.2) is 48.0 Å². The van der Waals surface area contributed by atoms with E-state index in [0.29, 0.717) is 5.56 Å². The van der Waals surface area contributed by atoms with Gasteiger partial charge in [0.25, 0.3) is 15.9 Å². The monoisotopic (exact) mass is 523 g/mol. The van der Waals surface area contributed by atoms with E-state index >= 15 is 0 Å². The molecule has 0 unspecified atom stereocenters. The Morgan fingerprint density at radius 3 is 2.51 bits per heavy atom. The molecule has 0 saturated carbocycles. The first kappa shape index (κ1) is 25.2. The fraction of sp³-hybridized carbons (Fsp3) is 0.348. The summed E-state index contributed by atoms with van der Waals surface area (Å²) in [6, 6.07) is 5.34. The second kappa shape index (κ2) is 9.63. The van der Waals surface area contributed by atoms with Gasteiger partial charge in [-0.05, 0) is 43.5 Å². The molecule has 1 aliphatic heterocycles. The van der Waals surface area contributed by atoms with Crippen molar-refractivity contribution in [1.29, 1.82) is 0 Å². The van der Waals surface area contributed by atoms with E-state index in [4.69, 9.17) is 11.6 Å². The van der Waals surface area contributed by atoms with Gasteiger partial charge in [0.1, 0.15) is 11.6 Å². The van der Waals surface area contributed by atoms with Crippen LogP contribution in [0, 0.1) is 18.6 Å². The van der Waals surface area contributed by atoms with Crippen molar-refractivity contribution >= 4 is 27.5 Å². The highest BCUT2D eigenvalue weighted by Crippen LogP contribution is 2.37. The van der Waals surface area contributed by atoms with Crippen LogP contribution in [0.3, 0.4) is 0 Å². The zero-order chi connectivity index (χ0) is 25.4. The molecule has 8 nitrogen and oxygen atoms in total. The number of halogens is 3. The van der Waals surface area contributed by atoms with Gasteiger partial charge in [-0.3, -0.25) is 9.78 Å². The lowest BCUT2D eigenvalue weighted by Crippen LogP contribution is -2.51. The SMILES string of the molecule is Cc1ccc(F)c(C(=O)NCC2(c3ncccc3F)CCN(S(=O)(=O)c3cn(C)cn3)CC2)c1Cl. The number of pyridine rings is 1. The van der Waals surface area contributed by atoms with Crippen LogP contribution in [-0.4, -0.2) is 52.8 Å². The predicted molar refractivity (Wildman–Crippen MR) is 126 cm³/mol. The lowest BCUT2D eigenvalue weighted by molar-refractivity contribution is 0.0927.